The fourth-order valence-corrected chi connectivity index (χ4v) is 4.46. The van der Waals surface area contributed by atoms with Gasteiger partial charge in [-0.15, -0.1) is 0 Å². The Kier molecular flexibility index (Phi) is 5.46. The van der Waals surface area contributed by atoms with E-state index in [1.54, 1.807) is 7.05 Å². The van der Waals surface area contributed by atoms with Crippen molar-refractivity contribution >= 4 is 15.9 Å². The Morgan fingerprint density at radius 3 is 2.44 bits per heavy atom. The molecule has 0 atom stereocenters. The molecule has 1 fully saturated rings. The number of sulfonamides is 1. The number of nitrogens with zero attached hydrogens (tertiary/aromatic N) is 3. The van der Waals surface area contributed by atoms with Crippen molar-refractivity contribution in [3.8, 4) is 0 Å². The van der Waals surface area contributed by atoms with Gasteiger partial charge in [0.1, 0.15) is 0 Å². The first-order chi connectivity index (χ1) is 11.8. The lowest BCUT2D eigenvalue weighted by molar-refractivity contribution is -0.133. The first kappa shape index (κ1) is 18.4. The Labute approximate surface area is 150 Å². The van der Waals surface area contributed by atoms with Crippen molar-refractivity contribution in [2.45, 2.75) is 31.8 Å². The van der Waals surface area contributed by atoms with Crippen LogP contribution in [0.25, 0.3) is 0 Å². The number of hydrogen-bond acceptors (Lipinski definition) is 4. The van der Waals surface area contributed by atoms with Crippen LogP contribution >= 0.6 is 0 Å². The Bertz CT molecular complexity index is 727. The van der Waals surface area contributed by atoms with E-state index >= 15 is 0 Å². The predicted octanol–water partition coefficient (Wildman–Crippen LogP) is 0.927. The van der Waals surface area contributed by atoms with Gasteiger partial charge < -0.3 is 4.90 Å². The van der Waals surface area contributed by atoms with E-state index in [1.807, 2.05) is 17.0 Å². The van der Waals surface area contributed by atoms with Gasteiger partial charge in [0.2, 0.25) is 15.9 Å². The normalized spacial score (nSPS) is 19.9. The summed E-state index contributed by atoms with van der Waals surface area (Å²) in [6, 6.07) is 8.36. The Balaban J connectivity index is 1.50. The number of carbonyl (C=O) groups is 1. The molecule has 25 heavy (non-hydrogen) atoms. The highest BCUT2D eigenvalue weighted by Crippen LogP contribution is 2.20. The summed E-state index contributed by atoms with van der Waals surface area (Å²) in [6.45, 7) is 3.43. The van der Waals surface area contributed by atoms with Crippen molar-refractivity contribution in [2.24, 2.45) is 0 Å². The molecule has 3 rings (SSSR count). The zero-order valence-electron chi connectivity index (χ0n) is 15.0. The molecular weight excluding hydrogens is 338 g/mol. The fourth-order valence-electron chi connectivity index (χ4n) is 3.71. The van der Waals surface area contributed by atoms with Crippen molar-refractivity contribution in [3.63, 3.8) is 0 Å². The first-order valence-corrected chi connectivity index (χ1v) is 10.7. The van der Waals surface area contributed by atoms with Gasteiger partial charge >= 0.3 is 0 Å². The Morgan fingerprint density at radius 1 is 1.16 bits per heavy atom. The average Bonchev–Trinajstić information content (AvgIpc) is 2.60. The number of likely N-dealkylation sites (tertiary alicyclic amines) is 1. The third-order valence-electron chi connectivity index (χ3n) is 5.44. The second-order valence-electron chi connectivity index (χ2n) is 7.12. The van der Waals surface area contributed by atoms with E-state index in [4.69, 9.17) is 0 Å². The van der Waals surface area contributed by atoms with Gasteiger partial charge in [0, 0.05) is 39.3 Å². The van der Waals surface area contributed by atoms with Crippen molar-refractivity contribution in [3.05, 3.63) is 35.4 Å². The summed E-state index contributed by atoms with van der Waals surface area (Å²) in [6.07, 6.45) is 3.72. The van der Waals surface area contributed by atoms with Crippen molar-refractivity contribution < 1.29 is 13.2 Å². The number of rotatable bonds is 4. The van der Waals surface area contributed by atoms with Crippen LogP contribution in [0.2, 0.25) is 0 Å². The summed E-state index contributed by atoms with van der Waals surface area (Å²) < 4.78 is 24.8. The van der Waals surface area contributed by atoms with Crippen LogP contribution in [-0.2, 0) is 27.8 Å². The molecule has 2 heterocycles. The number of carbonyl (C=O) groups excluding carboxylic acids is 1. The molecule has 1 amide bonds. The first-order valence-electron chi connectivity index (χ1n) is 8.84. The van der Waals surface area contributed by atoms with Crippen LogP contribution in [0.3, 0.4) is 0 Å². The molecule has 6 nitrogen and oxygen atoms in total. The number of hydrogen-bond donors (Lipinski definition) is 0. The lowest BCUT2D eigenvalue weighted by atomic mass is 10.00. The van der Waals surface area contributed by atoms with Gasteiger partial charge in [-0.05, 0) is 30.4 Å². The van der Waals surface area contributed by atoms with Gasteiger partial charge in [0.25, 0.3) is 0 Å². The summed E-state index contributed by atoms with van der Waals surface area (Å²) in [4.78, 5) is 16.7. The minimum atomic E-state index is -3.15. The lowest BCUT2D eigenvalue weighted by Crippen LogP contribution is -2.48. The van der Waals surface area contributed by atoms with Crippen LogP contribution < -0.4 is 0 Å². The van der Waals surface area contributed by atoms with Crippen LogP contribution in [0.15, 0.2) is 24.3 Å². The van der Waals surface area contributed by atoms with Gasteiger partial charge in [-0.1, -0.05) is 24.3 Å². The second-order valence-corrected chi connectivity index (χ2v) is 9.16. The van der Waals surface area contributed by atoms with Crippen molar-refractivity contribution in [1.29, 1.82) is 0 Å². The Hall–Kier alpha value is -1.44. The maximum absolute atomic E-state index is 12.6. The van der Waals surface area contributed by atoms with Gasteiger partial charge in [0.15, 0.2) is 0 Å². The summed E-state index contributed by atoms with van der Waals surface area (Å²) in [5.41, 5.74) is 2.59. The smallest absolute Gasteiger partial charge is 0.237 e. The molecule has 1 saturated heterocycles. The molecule has 0 spiro atoms. The molecule has 2 aliphatic heterocycles. The highest BCUT2D eigenvalue weighted by atomic mass is 32.2. The zero-order chi connectivity index (χ0) is 18.0. The number of amides is 1. The molecule has 0 unspecified atom stereocenters. The van der Waals surface area contributed by atoms with Crippen LogP contribution in [0.4, 0.5) is 0 Å². The molecule has 1 aromatic rings. The van der Waals surface area contributed by atoms with Gasteiger partial charge in [-0.3, -0.25) is 9.69 Å². The average molecular weight is 365 g/mol. The monoisotopic (exact) mass is 365 g/mol. The lowest BCUT2D eigenvalue weighted by Gasteiger charge is -2.36. The maximum atomic E-state index is 12.6. The third-order valence-corrected chi connectivity index (χ3v) is 6.78. The van der Waals surface area contributed by atoms with Crippen molar-refractivity contribution in [1.82, 2.24) is 14.1 Å². The number of fused-ring (bicyclic) bond motifs is 1. The zero-order valence-corrected chi connectivity index (χ0v) is 15.8. The Morgan fingerprint density at radius 2 is 1.80 bits per heavy atom. The SMILES string of the molecule is CN(C1CCN(CC(=O)N2CCc3ccccc3C2)CC1)S(C)(=O)=O. The molecule has 0 radical (unpaired) electrons. The molecular formula is C18H27N3O3S. The van der Waals surface area contributed by atoms with E-state index < -0.39 is 10.0 Å². The maximum Gasteiger partial charge on any atom is 0.237 e. The molecule has 7 heteroatoms. The molecule has 0 aromatic heterocycles. The molecule has 138 valence electrons. The molecule has 2 aliphatic rings. The number of piperidine rings is 1. The molecule has 0 N–H and O–H groups in total. The van der Waals surface area contributed by atoms with Crippen LogP contribution in [-0.4, -0.2) is 74.0 Å². The quantitative estimate of drug-likeness (QED) is 0.796. The molecule has 1 aromatic carbocycles. The fraction of sp³-hybridized carbons (Fsp3) is 0.611. The third kappa shape index (κ3) is 4.40. The van der Waals surface area contributed by atoms with Crippen LogP contribution in [0, 0.1) is 0 Å². The second kappa shape index (κ2) is 7.43. The summed E-state index contributed by atoms with van der Waals surface area (Å²) >= 11 is 0. The molecule has 0 bridgehead atoms. The standard InChI is InChI=1S/C18H27N3O3S/c1-19(25(2,23)24)17-8-10-20(11-9-17)14-18(22)21-12-7-15-5-3-4-6-16(15)13-21/h3-6,17H,7-14H2,1-2H3. The van der Waals surface area contributed by atoms with Crippen LogP contribution in [0.5, 0.6) is 0 Å². The summed E-state index contributed by atoms with van der Waals surface area (Å²) in [5.74, 6) is 0.171. The van der Waals surface area contributed by atoms with E-state index in [0.29, 0.717) is 13.1 Å². The van der Waals surface area contributed by atoms with Gasteiger partial charge in [0.05, 0.1) is 12.8 Å². The highest BCUT2D eigenvalue weighted by molar-refractivity contribution is 7.88. The van der Waals surface area contributed by atoms with Crippen molar-refractivity contribution in [2.75, 3.05) is 39.5 Å². The van der Waals surface area contributed by atoms with E-state index in [-0.39, 0.29) is 11.9 Å². The van der Waals surface area contributed by atoms with Crippen LogP contribution in [0.1, 0.15) is 24.0 Å². The highest BCUT2D eigenvalue weighted by Gasteiger charge is 2.29. The van der Waals surface area contributed by atoms with Gasteiger partial charge in [-0.2, -0.15) is 0 Å². The van der Waals surface area contributed by atoms with E-state index in [0.717, 1.165) is 38.9 Å². The largest absolute Gasteiger partial charge is 0.337 e. The minimum Gasteiger partial charge on any atom is -0.337 e. The summed E-state index contributed by atoms with van der Waals surface area (Å²) in [7, 11) is -1.50. The summed E-state index contributed by atoms with van der Waals surface area (Å²) in [5, 5.41) is 0. The van der Waals surface area contributed by atoms with E-state index in [9.17, 15) is 13.2 Å². The van der Waals surface area contributed by atoms with E-state index in [2.05, 4.69) is 17.0 Å². The van der Waals surface area contributed by atoms with Gasteiger partial charge in [-0.25, -0.2) is 12.7 Å². The minimum absolute atomic E-state index is 0.0446. The van der Waals surface area contributed by atoms with E-state index in [1.165, 1.54) is 21.7 Å². The molecule has 0 aliphatic carbocycles. The number of benzene rings is 1. The predicted molar refractivity (Wildman–Crippen MR) is 97.6 cm³/mol. The molecule has 0 saturated carbocycles. The topological polar surface area (TPSA) is 60.9 Å².